The molecule has 2 fully saturated rings. The van der Waals surface area contributed by atoms with Gasteiger partial charge in [-0.05, 0) is 5.56 Å². The highest BCUT2D eigenvalue weighted by Gasteiger charge is 2.56. The molecule has 0 aromatic heterocycles. The van der Waals surface area contributed by atoms with Crippen LogP contribution >= 0.6 is 0 Å². The summed E-state index contributed by atoms with van der Waals surface area (Å²) >= 11 is 0. The van der Waals surface area contributed by atoms with Gasteiger partial charge < -0.3 is 14.2 Å². The Balaban J connectivity index is 1.88. The molecule has 0 amide bonds. The van der Waals surface area contributed by atoms with E-state index in [9.17, 15) is 4.79 Å². The molecular formula is C16H18O4. The van der Waals surface area contributed by atoms with Crippen LogP contribution in [0.3, 0.4) is 0 Å². The highest BCUT2D eigenvalue weighted by Crippen LogP contribution is 2.50. The second kappa shape index (κ2) is 5.04. The number of esters is 1. The molecule has 2 unspecified atom stereocenters. The van der Waals surface area contributed by atoms with Gasteiger partial charge in [0.1, 0.15) is 5.60 Å². The lowest BCUT2D eigenvalue weighted by Gasteiger charge is -2.27. The van der Waals surface area contributed by atoms with E-state index < -0.39 is 11.6 Å². The van der Waals surface area contributed by atoms with Crippen LogP contribution in [0.4, 0.5) is 0 Å². The fourth-order valence-corrected chi connectivity index (χ4v) is 3.13. The monoisotopic (exact) mass is 274 g/mol. The average Bonchev–Trinajstić information content (AvgIpc) is 3.04. The zero-order valence-electron chi connectivity index (χ0n) is 11.5. The van der Waals surface area contributed by atoms with E-state index in [4.69, 9.17) is 14.2 Å². The molecular weight excluding hydrogens is 256 g/mol. The predicted molar refractivity (Wildman–Crippen MR) is 73.1 cm³/mol. The van der Waals surface area contributed by atoms with E-state index in [-0.39, 0.29) is 12.2 Å². The molecule has 0 spiro atoms. The lowest BCUT2D eigenvalue weighted by atomic mass is 9.85. The van der Waals surface area contributed by atoms with Crippen LogP contribution in [0.15, 0.2) is 42.5 Å². The first kappa shape index (κ1) is 13.3. The highest BCUT2D eigenvalue weighted by atomic mass is 16.6. The van der Waals surface area contributed by atoms with Crippen molar-refractivity contribution in [1.29, 1.82) is 0 Å². The first-order valence-electron chi connectivity index (χ1n) is 6.79. The van der Waals surface area contributed by atoms with Gasteiger partial charge in [-0.1, -0.05) is 36.9 Å². The summed E-state index contributed by atoms with van der Waals surface area (Å²) in [6.45, 7) is 4.47. The molecule has 4 heteroatoms. The fraction of sp³-hybridized carbons (Fsp3) is 0.438. The number of rotatable bonds is 3. The third-order valence-electron chi connectivity index (χ3n) is 4.19. The number of ether oxygens (including phenoxy) is 3. The number of methoxy groups -OCH3 is 1. The molecule has 20 heavy (non-hydrogen) atoms. The van der Waals surface area contributed by atoms with Gasteiger partial charge in [0.05, 0.1) is 31.5 Å². The Kier molecular flexibility index (Phi) is 3.36. The average molecular weight is 274 g/mol. The summed E-state index contributed by atoms with van der Waals surface area (Å²) in [5, 5.41) is 0. The Morgan fingerprint density at radius 3 is 2.85 bits per heavy atom. The molecule has 1 aromatic carbocycles. The van der Waals surface area contributed by atoms with Crippen LogP contribution in [-0.4, -0.2) is 31.4 Å². The van der Waals surface area contributed by atoms with Gasteiger partial charge in [-0.3, -0.25) is 0 Å². The molecule has 3 rings (SSSR count). The lowest BCUT2D eigenvalue weighted by molar-refractivity contribution is -0.139. The van der Waals surface area contributed by atoms with Crippen LogP contribution in [0.25, 0.3) is 0 Å². The summed E-state index contributed by atoms with van der Waals surface area (Å²) in [5.41, 5.74) is 0.733. The van der Waals surface area contributed by atoms with Crippen LogP contribution in [0.2, 0.25) is 0 Å². The van der Waals surface area contributed by atoms with Crippen LogP contribution in [0, 0.1) is 0 Å². The summed E-state index contributed by atoms with van der Waals surface area (Å²) in [5.74, 6) is -0.422. The Morgan fingerprint density at radius 2 is 2.15 bits per heavy atom. The molecule has 0 radical (unpaired) electrons. The smallest absolute Gasteiger partial charge is 0.336 e. The molecule has 2 aliphatic heterocycles. The standard InChI is InChI=1S/C16H18O4/c1-11(15(17)18-2)16-10-13(12-6-4-3-5-7-12)20-14(16)8-9-19-16/h3-7,13-14H,1,8-10H2,2H3/t13?,14?,16-/m1/s1. The molecule has 0 aliphatic carbocycles. The van der Waals surface area contributed by atoms with Gasteiger partial charge in [-0.2, -0.15) is 0 Å². The van der Waals surface area contributed by atoms with Crippen molar-refractivity contribution in [3.8, 4) is 0 Å². The number of hydrogen-bond acceptors (Lipinski definition) is 4. The maximum absolute atomic E-state index is 11.8. The Labute approximate surface area is 118 Å². The maximum Gasteiger partial charge on any atom is 0.336 e. The van der Waals surface area contributed by atoms with Gasteiger partial charge in [-0.15, -0.1) is 0 Å². The van der Waals surface area contributed by atoms with E-state index in [0.29, 0.717) is 18.6 Å². The van der Waals surface area contributed by atoms with Crippen molar-refractivity contribution in [2.24, 2.45) is 0 Å². The van der Waals surface area contributed by atoms with Crippen molar-refractivity contribution < 1.29 is 19.0 Å². The van der Waals surface area contributed by atoms with Crippen molar-refractivity contribution in [3.05, 3.63) is 48.0 Å². The molecule has 106 valence electrons. The summed E-state index contributed by atoms with van der Waals surface area (Å²) in [4.78, 5) is 11.8. The Morgan fingerprint density at radius 1 is 1.40 bits per heavy atom. The van der Waals surface area contributed by atoms with Gasteiger partial charge in [0.2, 0.25) is 0 Å². The maximum atomic E-state index is 11.8. The number of fused-ring (bicyclic) bond motifs is 1. The quantitative estimate of drug-likeness (QED) is 0.627. The van der Waals surface area contributed by atoms with Gasteiger partial charge in [0.15, 0.2) is 0 Å². The van der Waals surface area contributed by atoms with E-state index in [1.165, 1.54) is 7.11 Å². The summed E-state index contributed by atoms with van der Waals surface area (Å²) < 4.78 is 16.8. The predicted octanol–water partition coefficient (Wildman–Crippen LogP) is 2.40. The van der Waals surface area contributed by atoms with E-state index in [1.54, 1.807) is 0 Å². The van der Waals surface area contributed by atoms with Crippen LogP contribution in [0.1, 0.15) is 24.5 Å². The minimum absolute atomic E-state index is 0.0668. The molecule has 0 N–H and O–H groups in total. The van der Waals surface area contributed by atoms with Crippen LogP contribution < -0.4 is 0 Å². The van der Waals surface area contributed by atoms with E-state index >= 15 is 0 Å². The normalized spacial score (nSPS) is 31.9. The number of carbonyl (C=O) groups is 1. The topological polar surface area (TPSA) is 44.8 Å². The number of hydrogen-bond donors (Lipinski definition) is 0. The van der Waals surface area contributed by atoms with Gasteiger partial charge in [0.25, 0.3) is 0 Å². The minimum atomic E-state index is -0.729. The van der Waals surface area contributed by atoms with E-state index in [2.05, 4.69) is 6.58 Å². The van der Waals surface area contributed by atoms with Gasteiger partial charge >= 0.3 is 5.97 Å². The van der Waals surface area contributed by atoms with Crippen molar-refractivity contribution in [2.75, 3.05) is 13.7 Å². The van der Waals surface area contributed by atoms with Crippen molar-refractivity contribution in [2.45, 2.75) is 30.7 Å². The minimum Gasteiger partial charge on any atom is -0.466 e. The summed E-state index contributed by atoms with van der Waals surface area (Å²) in [7, 11) is 1.36. The Bertz CT molecular complexity index is 525. The highest BCUT2D eigenvalue weighted by molar-refractivity contribution is 5.90. The van der Waals surface area contributed by atoms with Crippen LogP contribution in [0.5, 0.6) is 0 Å². The third-order valence-corrected chi connectivity index (χ3v) is 4.19. The molecule has 2 saturated heterocycles. The molecule has 0 saturated carbocycles. The Hall–Kier alpha value is -1.65. The largest absolute Gasteiger partial charge is 0.466 e. The van der Waals surface area contributed by atoms with E-state index in [0.717, 1.165) is 12.0 Å². The fourth-order valence-electron chi connectivity index (χ4n) is 3.13. The zero-order valence-corrected chi connectivity index (χ0v) is 11.5. The molecule has 2 aliphatic rings. The SMILES string of the molecule is C=C(C(=O)OC)[C@]12CC(c3ccccc3)OC1CCO2. The van der Waals surface area contributed by atoms with Gasteiger partial charge in [-0.25, -0.2) is 4.79 Å². The van der Waals surface area contributed by atoms with Crippen LogP contribution in [-0.2, 0) is 19.0 Å². The van der Waals surface area contributed by atoms with Crippen molar-refractivity contribution in [3.63, 3.8) is 0 Å². The second-order valence-corrected chi connectivity index (χ2v) is 5.22. The molecule has 4 nitrogen and oxygen atoms in total. The third kappa shape index (κ3) is 1.96. The molecule has 2 heterocycles. The zero-order chi connectivity index (χ0) is 14.2. The van der Waals surface area contributed by atoms with Crippen molar-refractivity contribution >= 4 is 5.97 Å². The summed E-state index contributed by atoms with van der Waals surface area (Å²) in [6.07, 6.45) is 1.19. The number of benzene rings is 1. The first-order valence-corrected chi connectivity index (χ1v) is 6.79. The molecule has 0 bridgehead atoms. The molecule has 1 aromatic rings. The van der Waals surface area contributed by atoms with E-state index in [1.807, 2.05) is 30.3 Å². The molecule has 3 atom stereocenters. The first-order chi connectivity index (χ1) is 9.67. The lowest BCUT2D eigenvalue weighted by Crippen LogP contribution is -2.40. The summed E-state index contributed by atoms with van der Waals surface area (Å²) in [6, 6.07) is 9.99. The number of carbonyl (C=O) groups excluding carboxylic acids is 1. The van der Waals surface area contributed by atoms with Crippen molar-refractivity contribution in [1.82, 2.24) is 0 Å². The van der Waals surface area contributed by atoms with Gasteiger partial charge in [0, 0.05) is 12.8 Å². The second-order valence-electron chi connectivity index (χ2n) is 5.22.